The van der Waals surface area contributed by atoms with Gasteiger partial charge in [-0.3, -0.25) is 12.2 Å². The minimum Gasteiger partial charge on any atom is -1.00 e. The number of hydrogen-bond donors (Lipinski definition) is 0. The minimum absolute atomic E-state index is 0. The molecule has 24 heavy (non-hydrogen) atoms. The SMILES string of the molecule is CCCCC1=[C-]CC=C1.CCCCC1=[C-]CC=C1.C[Si](C)=[Zr+2].[Cl-].[Cl-]. The van der Waals surface area contributed by atoms with Crippen LogP contribution in [0.5, 0.6) is 0 Å². The second-order valence-corrected chi connectivity index (χ2v) is 15.2. The number of unbranched alkanes of at least 4 members (excludes halogenated alkanes) is 2. The molecule has 0 fully saturated rings. The van der Waals surface area contributed by atoms with Crippen LogP contribution in [-0.2, 0) is 23.3 Å². The smallest absolute Gasteiger partial charge is 1.00 e. The summed E-state index contributed by atoms with van der Waals surface area (Å²) in [5.74, 6) is 0. The minimum atomic E-state index is 0. The van der Waals surface area contributed by atoms with Gasteiger partial charge in [0.15, 0.2) is 0 Å². The van der Waals surface area contributed by atoms with Gasteiger partial charge in [0.1, 0.15) is 0 Å². The molecule has 136 valence electrons. The zero-order valence-electron chi connectivity index (χ0n) is 15.7. The Labute approximate surface area is 178 Å². The van der Waals surface area contributed by atoms with E-state index in [1.165, 1.54) is 49.7 Å². The number of rotatable bonds is 6. The van der Waals surface area contributed by atoms with Gasteiger partial charge in [0.25, 0.3) is 0 Å². The van der Waals surface area contributed by atoms with Gasteiger partial charge in [-0.15, -0.1) is 12.8 Å². The van der Waals surface area contributed by atoms with E-state index in [2.05, 4.69) is 63.4 Å². The molecule has 0 nitrogen and oxygen atoms in total. The Bertz CT molecular complexity index is 385. The molecule has 0 saturated carbocycles. The Hall–Kier alpha value is 0.640. The van der Waals surface area contributed by atoms with E-state index in [-0.39, 0.29) is 30.2 Å². The van der Waals surface area contributed by atoms with Crippen molar-refractivity contribution in [3.05, 3.63) is 47.6 Å². The van der Waals surface area contributed by atoms with Gasteiger partial charge < -0.3 is 24.8 Å². The van der Waals surface area contributed by atoms with E-state index in [0.717, 1.165) is 12.8 Å². The van der Waals surface area contributed by atoms with Crippen molar-refractivity contribution in [2.75, 3.05) is 0 Å². The molecule has 2 aliphatic rings. The van der Waals surface area contributed by atoms with Crippen LogP contribution >= 0.6 is 0 Å². The molecule has 0 bridgehead atoms. The second-order valence-electron chi connectivity index (χ2n) is 5.82. The zero-order chi connectivity index (χ0) is 16.6. The molecule has 0 spiro atoms. The fraction of sp³-hybridized carbons (Fsp3) is 0.600. The molecule has 4 heteroatoms. The Balaban J connectivity index is -0.000000283. The number of hydrogen-bond acceptors (Lipinski definition) is 0. The largest absolute Gasteiger partial charge is 1.00 e. The summed E-state index contributed by atoms with van der Waals surface area (Å²) in [5.41, 5.74) is 3.04. The summed E-state index contributed by atoms with van der Waals surface area (Å²) in [4.78, 5) is 0. The predicted octanol–water partition coefficient (Wildman–Crippen LogP) is 0.524. The van der Waals surface area contributed by atoms with Gasteiger partial charge in [0.2, 0.25) is 0 Å². The van der Waals surface area contributed by atoms with Crippen LogP contribution in [0.4, 0.5) is 0 Å². The van der Waals surface area contributed by atoms with E-state index < -0.39 is 0 Å². The fourth-order valence-corrected chi connectivity index (χ4v) is 1.98. The molecule has 0 aromatic heterocycles. The van der Waals surface area contributed by atoms with Gasteiger partial charge in [0.05, 0.1) is 0 Å². The number of allylic oxidation sites excluding steroid dienone is 8. The first-order chi connectivity index (χ1) is 10.6. The Morgan fingerprint density at radius 1 is 0.875 bits per heavy atom. The first-order valence-electron chi connectivity index (χ1n) is 8.64. The van der Waals surface area contributed by atoms with Crippen molar-refractivity contribution in [1.29, 1.82) is 0 Å². The Kier molecular flexibility index (Phi) is 26.6. The summed E-state index contributed by atoms with van der Waals surface area (Å²) < 4.78 is 0. The third-order valence-electron chi connectivity index (χ3n) is 3.13. The van der Waals surface area contributed by atoms with Crippen molar-refractivity contribution in [2.45, 2.75) is 78.3 Å². The Morgan fingerprint density at radius 2 is 1.21 bits per heavy atom. The van der Waals surface area contributed by atoms with Crippen LogP contribution in [0.2, 0.25) is 13.1 Å². The van der Waals surface area contributed by atoms with Crippen molar-refractivity contribution in [3.63, 3.8) is 0 Å². The summed E-state index contributed by atoms with van der Waals surface area (Å²) >= 11 is 1.74. The molecule has 0 N–H and O–H groups in total. The molecule has 0 saturated heterocycles. The average molecular weight is 463 g/mol. The van der Waals surface area contributed by atoms with Crippen LogP contribution in [0, 0.1) is 12.2 Å². The zero-order valence-corrected chi connectivity index (χ0v) is 20.7. The summed E-state index contributed by atoms with van der Waals surface area (Å²) in [6.07, 6.45) is 25.1. The molecular formula is C20H32Cl2SiZr-2. The quantitative estimate of drug-likeness (QED) is 0.399. The predicted molar refractivity (Wildman–Crippen MR) is 97.6 cm³/mol. The van der Waals surface area contributed by atoms with Gasteiger partial charge in [-0.1, -0.05) is 52.4 Å². The van der Waals surface area contributed by atoms with Gasteiger partial charge in [0, 0.05) is 0 Å². The Morgan fingerprint density at radius 3 is 1.42 bits per heavy atom. The van der Waals surface area contributed by atoms with Crippen LogP contribution in [0.3, 0.4) is 0 Å². The van der Waals surface area contributed by atoms with Crippen molar-refractivity contribution in [2.24, 2.45) is 0 Å². The van der Waals surface area contributed by atoms with E-state index >= 15 is 0 Å². The first-order valence-corrected chi connectivity index (χ1v) is 14.8. The van der Waals surface area contributed by atoms with E-state index in [1.54, 1.807) is 23.3 Å². The molecule has 0 aromatic rings. The summed E-state index contributed by atoms with van der Waals surface area (Å²) in [7, 11) is 0. The van der Waals surface area contributed by atoms with Crippen LogP contribution < -0.4 is 24.8 Å². The molecule has 0 aliphatic heterocycles. The maximum atomic E-state index is 3.30. The third kappa shape index (κ3) is 20.7. The van der Waals surface area contributed by atoms with Gasteiger partial charge >= 0.3 is 41.9 Å². The molecule has 0 amide bonds. The normalized spacial score (nSPS) is 13.4. The van der Waals surface area contributed by atoms with Gasteiger partial charge in [-0.25, -0.2) is 23.3 Å². The van der Waals surface area contributed by atoms with Crippen molar-refractivity contribution < 1.29 is 48.1 Å². The van der Waals surface area contributed by atoms with Crippen LogP contribution in [-0.4, -0.2) is 5.43 Å². The topological polar surface area (TPSA) is 0 Å². The van der Waals surface area contributed by atoms with Gasteiger partial charge in [-0.05, 0) is 0 Å². The molecule has 0 radical (unpaired) electrons. The molecule has 2 aliphatic carbocycles. The van der Waals surface area contributed by atoms with Crippen LogP contribution in [0.25, 0.3) is 0 Å². The molecule has 0 heterocycles. The number of halogens is 2. The molecule has 2 rings (SSSR count). The first kappa shape index (κ1) is 29.4. The van der Waals surface area contributed by atoms with E-state index in [1.807, 2.05) is 0 Å². The maximum Gasteiger partial charge on any atom is -1.00 e. The molecule has 0 unspecified atom stereocenters. The molecule has 0 aromatic carbocycles. The fourth-order valence-electron chi connectivity index (χ4n) is 1.98. The van der Waals surface area contributed by atoms with Crippen LogP contribution in [0.1, 0.15) is 65.2 Å². The molecular weight excluding hydrogens is 430 g/mol. The van der Waals surface area contributed by atoms with Crippen molar-refractivity contribution in [3.8, 4) is 0 Å². The van der Waals surface area contributed by atoms with E-state index in [9.17, 15) is 0 Å². The third-order valence-corrected chi connectivity index (χ3v) is 3.13. The van der Waals surface area contributed by atoms with E-state index in [4.69, 9.17) is 0 Å². The average Bonchev–Trinajstić information content (AvgIpc) is 3.16. The van der Waals surface area contributed by atoms with Crippen molar-refractivity contribution in [1.82, 2.24) is 0 Å². The standard InChI is InChI=1S/2C9H13.C2H6Si.2ClH.Zr/c2*1-2-3-6-9-7-4-5-8-9;1-3-2;;;/h2*4,7H,2-3,5-6H2,1H3;1-2H3;2*1H;/q2*-1;;;;+2/p-2. The van der Waals surface area contributed by atoms with Crippen molar-refractivity contribution >= 4 is 5.43 Å². The van der Waals surface area contributed by atoms with E-state index in [0.29, 0.717) is 0 Å². The summed E-state index contributed by atoms with van der Waals surface area (Å²) in [6.45, 7) is 9.06. The maximum absolute atomic E-state index is 3.30. The monoisotopic (exact) mass is 460 g/mol. The van der Waals surface area contributed by atoms with Crippen LogP contribution in [0.15, 0.2) is 35.5 Å². The second kappa shape index (κ2) is 21.7. The summed E-state index contributed by atoms with van der Waals surface area (Å²) in [6, 6.07) is 0. The summed E-state index contributed by atoms with van der Waals surface area (Å²) in [5, 5.41) is 0. The molecule has 0 atom stereocenters. The van der Waals surface area contributed by atoms with Gasteiger partial charge in [-0.2, -0.15) is 12.2 Å².